The first-order chi connectivity index (χ1) is 23.1. The van der Waals surface area contributed by atoms with Gasteiger partial charge in [-0.05, 0) is 82.6 Å². The summed E-state index contributed by atoms with van der Waals surface area (Å²) in [6.45, 7) is 6.41. The van der Waals surface area contributed by atoms with Crippen molar-refractivity contribution in [1.29, 1.82) is 0 Å². The van der Waals surface area contributed by atoms with E-state index in [9.17, 15) is 19.8 Å². The number of nitrogens with one attached hydrogen (secondary N) is 2. The lowest BCUT2D eigenvalue weighted by Gasteiger charge is -2.17. The fourth-order valence-corrected chi connectivity index (χ4v) is 5.51. The number of hydrogen-bond donors (Lipinski definition) is 6. The SMILES string of the molecule is Cc1c(-c2ccc(OCCNC[C@H](O)CC(=O)O)cc2)cccc1-c1cccc(-c2ccc(OCCNC[C@H](O)CC(=O)O)cc2)c1C. The second-order valence-corrected chi connectivity index (χ2v) is 11.6. The van der Waals surface area contributed by atoms with Gasteiger partial charge in [0, 0.05) is 26.2 Å². The molecule has 0 fully saturated rings. The Balaban J connectivity index is 1.36. The van der Waals surface area contributed by atoms with Crippen LogP contribution in [-0.4, -0.2) is 84.0 Å². The van der Waals surface area contributed by atoms with Crippen molar-refractivity contribution in [2.75, 3.05) is 39.4 Å². The van der Waals surface area contributed by atoms with E-state index in [1.165, 1.54) is 11.1 Å². The molecule has 2 atom stereocenters. The molecular formula is C38H44N2O8. The van der Waals surface area contributed by atoms with Gasteiger partial charge in [0.1, 0.15) is 24.7 Å². The summed E-state index contributed by atoms with van der Waals surface area (Å²) >= 11 is 0. The first kappa shape index (κ1) is 36.1. The number of carboxylic acids is 2. The average molecular weight is 657 g/mol. The standard InChI is InChI=1S/C38H44N2O8/c1-25-33(27-9-13-31(14-10-27)47-19-17-39-23-29(41)21-37(43)44)5-3-7-35(25)36-8-4-6-34(26(36)2)28-11-15-32(16-12-28)48-20-18-40-24-30(42)22-38(45)46/h3-16,29-30,39-42H,17-24H2,1-2H3,(H,43,44)(H,45,46)/t29-,30-/m1/s1. The molecule has 0 aliphatic carbocycles. The van der Waals surface area contributed by atoms with Crippen LogP contribution in [0.5, 0.6) is 11.5 Å². The van der Waals surface area contributed by atoms with Gasteiger partial charge in [-0.1, -0.05) is 60.7 Å². The van der Waals surface area contributed by atoms with Gasteiger partial charge >= 0.3 is 11.9 Å². The number of carbonyl (C=O) groups is 2. The van der Waals surface area contributed by atoms with E-state index in [2.05, 4.69) is 60.9 Å². The first-order valence-corrected chi connectivity index (χ1v) is 16.0. The molecule has 4 aromatic rings. The van der Waals surface area contributed by atoms with Crippen molar-refractivity contribution in [3.63, 3.8) is 0 Å². The third-order valence-corrected chi connectivity index (χ3v) is 7.96. The molecule has 0 unspecified atom stereocenters. The molecule has 0 bridgehead atoms. The summed E-state index contributed by atoms with van der Waals surface area (Å²) in [5.41, 5.74) is 9.07. The summed E-state index contributed by atoms with van der Waals surface area (Å²) in [5, 5.41) is 42.7. The van der Waals surface area contributed by atoms with Crippen LogP contribution in [0.15, 0.2) is 84.9 Å². The second kappa shape index (κ2) is 18.0. The van der Waals surface area contributed by atoms with E-state index in [0.717, 1.165) is 44.9 Å². The topological polar surface area (TPSA) is 158 Å². The lowest BCUT2D eigenvalue weighted by molar-refractivity contribution is -0.140. The maximum absolute atomic E-state index is 10.7. The highest BCUT2D eigenvalue weighted by Gasteiger charge is 2.14. The van der Waals surface area contributed by atoms with Crippen molar-refractivity contribution in [2.24, 2.45) is 0 Å². The van der Waals surface area contributed by atoms with Crippen LogP contribution >= 0.6 is 0 Å². The van der Waals surface area contributed by atoms with Gasteiger partial charge in [0.15, 0.2) is 0 Å². The minimum Gasteiger partial charge on any atom is -0.492 e. The van der Waals surface area contributed by atoms with Crippen LogP contribution in [0.3, 0.4) is 0 Å². The highest BCUT2D eigenvalue weighted by atomic mass is 16.5. The fraction of sp³-hybridized carbons (Fsp3) is 0.316. The molecule has 4 aromatic carbocycles. The Labute approximate surface area is 281 Å². The predicted molar refractivity (Wildman–Crippen MR) is 185 cm³/mol. The molecule has 0 spiro atoms. The van der Waals surface area contributed by atoms with Crippen LogP contribution in [0.4, 0.5) is 0 Å². The van der Waals surface area contributed by atoms with E-state index in [-0.39, 0.29) is 25.9 Å². The van der Waals surface area contributed by atoms with Crippen molar-refractivity contribution >= 4 is 11.9 Å². The molecule has 10 heteroatoms. The van der Waals surface area contributed by atoms with Gasteiger partial charge in [-0.2, -0.15) is 0 Å². The van der Waals surface area contributed by atoms with Crippen molar-refractivity contribution in [2.45, 2.75) is 38.9 Å². The zero-order valence-corrected chi connectivity index (χ0v) is 27.3. The van der Waals surface area contributed by atoms with Crippen LogP contribution in [0.2, 0.25) is 0 Å². The third-order valence-electron chi connectivity index (χ3n) is 7.96. The largest absolute Gasteiger partial charge is 0.492 e. The van der Waals surface area contributed by atoms with Crippen molar-refractivity contribution in [1.82, 2.24) is 10.6 Å². The molecular weight excluding hydrogens is 612 g/mol. The number of rotatable bonds is 19. The van der Waals surface area contributed by atoms with Crippen molar-refractivity contribution in [3.05, 3.63) is 96.1 Å². The third kappa shape index (κ3) is 10.6. The Morgan fingerprint density at radius 1 is 0.583 bits per heavy atom. The van der Waals surface area contributed by atoms with E-state index >= 15 is 0 Å². The molecule has 0 aromatic heterocycles. The zero-order valence-electron chi connectivity index (χ0n) is 27.3. The van der Waals surface area contributed by atoms with Gasteiger partial charge < -0.3 is 40.5 Å². The molecule has 0 heterocycles. The Kier molecular flexibility index (Phi) is 13.5. The smallest absolute Gasteiger partial charge is 0.306 e. The Bertz CT molecular complexity index is 1520. The Hall–Kier alpha value is -4.74. The van der Waals surface area contributed by atoms with Gasteiger partial charge in [-0.15, -0.1) is 0 Å². The summed E-state index contributed by atoms with van der Waals surface area (Å²) < 4.78 is 11.6. The molecule has 0 radical (unpaired) electrons. The Morgan fingerprint density at radius 3 is 1.29 bits per heavy atom. The average Bonchev–Trinajstić information content (AvgIpc) is 3.05. The first-order valence-electron chi connectivity index (χ1n) is 16.0. The maximum atomic E-state index is 10.7. The van der Waals surface area contributed by atoms with Gasteiger partial charge in [0.05, 0.1) is 25.0 Å². The summed E-state index contributed by atoms with van der Waals surface area (Å²) in [6, 6.07) is 28.6. The molecule has 0 aliphatic rings. The van der Waals surface area contributed by atoms with Gasteiger partial charge in [0.25, 0.3) is 0 Å². The monoisotopic (exact) mass is 656 g/mol. The second-order valence-electron chi connectivity index (χ2n) is 11.6. The van der Waals surface area contributed by atoms with E-state index in [1.807, 2.05) is 48.5 Å². The number of benzene rings is 4. The number of aliphatic hydroxyl groups is 2. The highest BCUT2D eigenvalue weighted by molar-refractivity contribution is 5.83. The van der Waals surface area contributed by atoms with E-state index < -0.39 is 24.1 Å². The summed E-state index contributed by atoms with van der Waals surface area (Å²) in [4.78, 5) is 21.3. The van der Waals surface area contributed by atoms with Gasteiger partial charge in [0.2, 0.25) is 0 Å². The lowest BCUT2D eigenvalue weighted by atomic mass is 9.88. The number of carboxylic acid groups (broad SMARTS) is 2. The summed E-state index contributed by atoms with van der Waals surface area (Å²) in [5.74, 6) is -0.606. The zero-order chi connectivity index (χ0) is 34.5. The Morgan fingerprint density at radius 2 is 0.938 bits per heavy atom. The predicted octanol–water partition coefficient (Wildman–Crippen LogP) is 4.91. The van der Waals surface area contributed by atoms with E-state index in [0.29, 0.717) is 26.3 Å². The number of aliphatic carboxylic acids is 2. The fourth-order valence-electron chi connectivity index (χ4n) is 5.51. The number of aliphatic hydroxyl groups excluding tert-OH is 2. The summed E-state index contributed by atoms with van der Waals surface area (Å²) in [7, 11) is 0. The van der Waals surface area contributed by atoms with Gasteiger partial charge in [-0.25, -0.2) is 0 Å². The van der Waals surface area contributed by atoms with Crippen molar-refractivity contribution in [3.8, 4) is 44.9 Å². The molecule has 4 rings (SSSR count). The van der Waals surface area contributed by atoms with E-state index in [1.54, 1.807) is 0 Å². The molecule has 10 nitrogen and oxygen atoms in total. The van der Waals surface area contributed by atoms with Crippen LogP contribution in [0.25, 0.3) is 33.4 Å². The molecule has 0 saturated carbocycles. The number of ether oxygens (including phenoxy) is 2. The van der Waals surface area contributed by atoms with Crippen LogP contribution < -0.4 is 20.1 Å². The molecule has 6 N–H and O–H groups in total. The summed E-state index contributed by atoms with van der Waals surface area (Å²) in [6.07, 6.45) is -2.44. The number of hydrogen-bond acceptors (Lipinski definition) is 8. The minimum atomic E-state index is -1.03. The van der Waals surface area contributed by atoms with Crippen molar-refractivity contribution < 1.29 is 39.5 Å². The molecule has 0 aliphatic heterocycles. The molecule has 48 heavy (non-hydrogen) atoms. The highest BCUT2D eigenvalue weighted by Crippen LogP contribution is 2.37. The normalized spacial score (nSPS) is 12.3. The van der Waals surface area contributed by atoms with Gasteiger partial charge in [-0.3, -0.25) is 9.59 Å². The van der Waals surface area contributed by atoms with Crippen LogP contribution in [0, 0.1) is 13.8 Å². The minimum absolute atomic E-state index is 0.195. The lowest BCUT2D eigenvalue weighted by Crippen LogP contribution is -2.31. The van der Waals surface area contributed by atoms with E-state index in [4.69, 9.17) is 19.7 Å². The maximum Gasteiger partial charge on any atom is 0.306 e. The van der Waals surface area contributed by atoms with Crippen LogP contribution in [0.1, 0.15) is 24.0 Å². The molecule has 254 valence electrons. The van der Waals surface area contributed by atoms with Crippen LogP contribution in [-0.2, 0) is 9.59 Å². The molecule has 0 amide bonds. The molecule has 0 saturated heterocycles. The quantitative estimate of drug-likeness (QED) is 0.0767.